The molecule has 0 amide bonds. The van der Waals surface area contributed by atoms with Crippen LogP contribution in [0.4, 0.5) is 8.78 Å². The number of fused-ring (bicyclic) bond motifs is 2. The summed E-state index contributed by atoms with van der Waals surface area (Å²) < 4.78 is 35.4. The molecule has 2 saturated carbocycles. The number of aliphatic hydroxyl groups is 2. The summed E-state index contributed by atoms with van der Waals surface area (Å²) in [6, 6.07) is 7.76. The lowest BCUT2D eigenvalue weighted by Crippen LogP contribution is -2.28. The van der Waals surface area contributed by atoms with Crippen LogP contribution in [0.1, 0.15) is 52.7 Å². The Morgan fingerprint density at radius 3 is 2.68 bits per heavy atom. The zero-order valence-electron chi connectivity index (χ0n) is 18.9. The van der Waals surface area contributed by atoms with Crippen LogP contribution in [0.15, 0.2) is 42.5 Å². The number of carbonyl (C=O) groups is 1. The fourth-order valence-corrected chi connectivity index (χ4v) is 5.96. The number of aliphatic hydroxyl groups excluding tert-OH is 2. The molecule has 5 atom stereocenters. The van der Waals surface area contributed by atoms with Crippen LogP contribution in [0.25, 0.3) is 0 Å². The number of benzene rings is 2. The maximum atomic E-state index is 14.8. The highest BCUT2D eigenvalue weighted by Gasteiger charge is 2.52. The Balaban J connectivity index is 1.37. The topological polar surface area (TPSA) is 87.0 Å². The van der Waals surface area contributed by atoms with Crippen LogP contribution >= 0.6 is 0 Å². The van der Waals surface area contributed by atoms with E-state index < -0.39 is 41.1 Å². The van der Waals surface area contributed by atoms with E-state index in [0.29, 0.717) is 36.8 Å². The third-order valence-electron chi connectivity index (χ3n) is 7.91. The monoisotopic (exact) mass is 470 g/mol. The number of hydrogen-bond acceptors (Lipinski definition) is 4. The van der Waals surface area contributed by atoms with Gasteiger partial charge >= 0.3 is 5.97 Å². The molecule has 1 aliphatic heterocycles. The van der Waals surface area contributed by atoms with Gasteiger partial charge in [-0.05, 0) is 61.4 Å². The molecule has 0 aromatic heterocycles. The summed E-state index contributed by atoms with van der Waals surface area (Å²) in [5, 5.41) is 31.0. The predicted octanol–water partition coefficient (Wildman–Crippen LogP) is 4.31. The van der Waals surface area contributed by atoms with Gasteiger partial charge in [0.2, 0.25) is 0 Å². The van der Waals surface area contributed by atoms with Gasteiger partial charge in [0.25, 0.3) is 0 Å². The van der Waals surface area contributed by atoms with Crippen molar-refractivity contribution in [3.05, 3.63) is 76.4 Å². The van der Waals surface area contributed by atoms with Crippen molar-refractivity contribution in [1.82, 2.24) is 0 Å². The molecule has 0 radical (unpaired) electrons. The smallest absolute Gasteiger partial charge is 0.338 e. The number of hydrogen-bond donors (Lipinski definition) is 3. The van der Waals surface area contributed by atoms with E-state index in [-0.39, 0.29) is 29.8 Å². The minimum Gasteiger partial charge on any atom is -0.487 e. The summed E-state index contributed by atoms with van der Waals surface area (Å²) in [6.45, 7) is 1.84. The van der Waals surface area contributed by atoms with Crippen LogP contribution in [0.3, 0.4) is 0 Å². The SMILES string of the molecule is Cc1cccc(F)c1C1(C(O)/C=C/[C@@H]2[C@H]3CCc4ccc(C(=O)O)c(F)c4O[C@H]3C[C@H]2O)CC1. The third-order valence-corrected chi connectivity index (χ3v) is 7.91. The Hall–Kier alpha value is -2.77. The molecule has 3 N–H and O–H groups in total. The van der Waals surface area contributed by atoms with E-state index in [1.54, 1.807) is 24.3 Å². The molecule has 0 saturated heterocycles. The maximum absolute atomic E-state index is 14.8. The van der Waals surface area contributed by atoms with E-state index in [0.717, 1.165) is 5.56 Å². The zero-order chi connectivity index (χ0) is 24.2. The molecule has 2 fully saturated rings. The Labute approximate surface area is 196 Å². The van der Waals surface area contributed by atoms with Gasteiger partial charge in [-0.2, -0.15) is 0 Å². The number of carboxylic acid groups (broad SMARTS) is 1. The minimum absolute atomic E-state index is 0.0452. The van der Waals surface area contributed by atoms with Crippen LogP contribution in [0, 0.1) is 30.4 Å². The number of aromatic carboxylic acids is 1. The number of rotatable bonds is 5. The van der Waals surface area contributed by atoms with Gasteiger partial charge in [0.1, 0.15) is 11.9 Å². The van der Waals surface area contributed by atoms with E-state index in [4.69, 9.17) is 4.74 Å². The van der Waals surface area contributed by atoms with Gasteiger partial charge in [-0.1, -0.05) is 30.4 Å². The third kappa shape index (κ3) is 3.71. The molecule has 3 aliphatic rings. The van der Waals surface area contributed by atoms with Crippen molar-refractivity contribution < 1.29 is 33.6 Å². The molecule has 34 heavy (non-hydrogen) atoms. The van der Waals surface area contributed by atoms with Crippen LogP contribution in [-0.2, 0) is 11.8 Å². The number of halogens is 2. The maximum Gasteiger partial charge on any atom is 0.338 e. The molecule has 5 nitrogen and oxygen atoms in total. The van der Waals surface area contributed by atoms with Crippen molar-refractivity contribution in [2.75, 3.05) is 0 Å². The summed E-state index contributed by atoms with van der Waals surface area (Å²) in [6.07, 6.45) is 4.13. The van der Waals surface area contributed by atoms with E-state index in [2.05, 4.69) is 0 Å². The summed E-state index contributed by atoms with van der Waals surface area (Å²) in [7, 11) is 0. The molecule has 2 aromatic carbocycles. The van der Waals surface area contributed by atoms with Crippen molar-refractivity contribution in [3.63, 3.8) is 0 Å². The van der Waals surface area contributed by atoms with Gasteiger partial charge in [0.05, 0.1) is 17.8 Å². The number of aryl methyl sites for hydroxylation is 2. The van der Waals surface area contributed by atoms with Gasteiger partial charge < -0.3 is 20.1 Å². The molecule has 5 rings (SSSR count). The van der Waals surface area contributed by atoms with Crippen molar-refractivity contribution >= 4 is 5.97 Å². The average molecular weight is 471 g/mol. The van der Waals surface area contributed by atoms with E-state index in [1.807, 2.05) is 13.0 Å². The lowest BCUT2D eigenvalue weighted by Gasteiger charge is -2.24. The molecular formula is C27H28F2O5. The van der Waals surface area contributed by atoms with Crippen LogP contribution in [-0.4, -0.2) is 39.6 Å². The van der Waals surface area contributed by atoms with E-state index in [9.17, 15) is 28.9 Å². The Kier molecular flexibility index (Phi) is 5.73. The average Bonchev–Trinajstić information content (AvgIpc) is 3.54. The van der Waals surface area contributed by atoms with Crippen molar-refractivity contribution in [1.29, 1.82) is 0 Å². The van der Waals surface area contributed by atoms with Crippen molar-refractivity contribution in [2.45, 2.75) is 62.8 Å². The number of carboxylic acids is 1. The van der Waals surface area contributed by atoms with Crippen molar-refractivity contribution in [3.8, 4) is 5.75 Å². The van der Waals surface area contributed by atoms with Crippen molar-refractivity contribution in [2.24, 2.45) is 11.8 Å². The second kappa shape index (κ2) is 8.47. The summed E-state index contributed by atoms with van der Waals surface area (Å²) in [4.78, 5) is 11.3. The Bertz CT molecular complexity index is 1140. The molecule has 2 aromatic rings. The van der Waals surface area contributed by atoms with E-state index in [1.165, 1.54) is 12.1 Å². The lowest BCUT2D eigenvalue weighted by molar-refractivity contribution is 0.0688. The van der Waals surface area contributed by atoms with E-state index >= 15 is 0 Å². The van der Waals surface area contributed by atoms with Gasteiger partial charge in [-0.3, -0.25) is 0 Å². The van der Waals surface area contributed by atoms with Gasteiger partial charge in [-0.25, -0.2) is 13.6 Å². The summed E-state index contributed by atoms with van der Waals surface area (Å²) in [5.74, 6) is -3.03. The van der Waals surface area contributed by atoms with Crippen LogP contribution in [0.5, 0.6) is 5.75 Å². The predicted molar refractivity (Wildman–Crippen MR) is 121 cm³/mol. The fourth-order valence-electron chi connectivity index (χ4n) is 5.96. The Morgan fingerprint density at radius 1 is 1.24 bits per heavy atom. The highest BCUT2D eigenvalue weighted by molar-refractivity contribution is 5.88. The quantitative estimate of drug-likeness (QED) is 0.567. The molecule has 180 valence electrons. The standard InChI is InChI=1S/C27H28F2O5/c1-14-3-2-4-19(28)23(14)27(11-12-27)22(31)10-9-16-17-7-5-15-6-8-18(26(32)33)24(29)25(15)34-21(17)13-20(16)30/h2-4,6,8-10,16-17,20-22,30-31H,5,7,11-13H2,1H3,(H,32,33)/b10-9+/t16-,17-,20-,21+,22?/m1/s1. The van der Waals surface area contributed by atoms with Gasteiger partial charge in [0.15, 0.2) is 11.6 Å². The molecule has 0 bridgehead atoms. The lowest BCUT2D eigenvalue weighted by atomic mass is 9.84. The van der Waals surface area contributed by atoms with Gasteiger partial charge in [0, 0.05) is 23.7 Å². The largest absolute Gasteiger partial charge is 0.487 e. The summed E-state index contributed by atoms with van der Waals surface area (Å²) >= 11 is 0. The van der Waals surface area contributed by atoms with Gasteiger partial charge in [-0.15, -0.1) is 0 Å². The minimum atomic E-state index is -1.36. The second-order valence-electron chi connectivity index (χ2n) is 9.88. The first-order valence-electron chi connectivity index (χ1n) is 11.7. The van der Waals surface area contributed by atoms with Crippen LogP contribution < -0.4 is 4.74 Å². The second-order valence-corrected chi connectivity index (χ2v) is 9.88. The highest BCUT2D eigenvalue weighted by Crippen LogP contribution is 2.53. The molecule has 7 heteroatoms. The number of ether oxygens (including phenoxy) is 1. The van der Waals surface area contributed by atoms with Crippen LogP contribution in [0.2, 0.25) is 0 Å². The molecule has 1 unspecified atom stereocenters. The first-order valence-corrected chi connectivity index (χ1v) is 11.7. The first kappa shape index (κ1) is 23.0. The first-order chi connectivity index (χ1) is 16.2. The fraction of sp³-hybridized carbons (Fsp3) is 0.444. The molecule has 2 aliphatic carbocycles. The highest BCUT2D eigenvalue weighted by atomic mass is 19.1. The molecule has 1 heterocycles. The molecular weight excluding hydrogens is 442 g/mol. The Morgan fingerprint density at radius 2 is 2.00 bits per heavy atom. The summed E-state index contributed by atoms with van der Waals surface area (Å²) in [5.41, 5.74) is 0.884. The zero-order valence-corrected chi connectivity index (χ0v) is 18.9. The molecule has 0 spiro atoms. The normalized spacial score (nSPS) is 28.0.